The standard InChI is InChI=1S/C22H31ClN4O3/c1-4-25-11-13-26(14-12-25)15-18-19(21(28)30-6-3)20(24-22(29)27(18)5-2)16-7-9-17(23)10-8-16/h7-10,20H,4-6,11-15H2,1-3H3,(H,24,29)/t20-/m1/s1. The molecule has 164 valence electrons. The van der Waals surface area contributed by atoms with E-state index in [0.717, 1.165) is 44.0 Å². The Balaban J connectivity index is 2.00. The average molecular weight is 435 g/mol. The molecule has 1 fully saturated rings. The Morgan fingerprint density at radius 3 is 2.27 bits per heavy atom. The fourth-order valence-electron chi connectivity index (χ4n) is 4.04. The molecule has 2 aliphatic heterocycles. The Morgan fingerprint density at radius 1 is 1.07 bits per heavy atom. The third-order valence-corrected chi connectivity index (χ3v) is 5.99. The van der Waals surface area contributed by atoms with Crippen molar-refractivity contribution in [2.24, 2.45) is 0 Å². The Morgan fingerprint density at radius 2 is 1.70 bits per heavy atom. The van der Waals surface area contributed by atoms with Gasteiger partial charge in [0.15, 0.2) is 0 Å². The van der Waals surface area contributed by atoms with Gasteiger partial charge in [-0.05, 0) is 38.1 Å². The molecule has 0 saturated carbocycles. The van der Waals surface area contributed by atoms with E-state index in [9.17, 15) is 9.59 Å². The second-order valence-corrected chi connectivity index (χ2v) is 7.91. The summed E-state index contributed by atoms with van der Waals surface area (Å²) >= 11 is 6.04. The largest absolute Gasteiger partial charge is 0.463 e. The van der Waals surface area contributed by atoms with Crippen molar-refractivity contribution in [3.63, 3.8) is 0 Å². The highest BCUT2D eigenvalue weighted by Gasteiger charge is 2.38. The number of rotatable bonds is 7. The molecule has 1 atom stereocenters. The summed E-state index contributed by atoms with van der Waals surface area (Å²) in [5, 5.41) is 3.59. The highest BCUT2D eigenvalue weighted by Crippen LogP contribution is 2.32. The van der Waals surface area contributed by atoms with Crippen molar-refractivity contribution in [3.05, 3.63) is 46.1 Å². The summed E-state index contributed by atoms with van der Waals surface area (Å²) in [5.74, 6) is -0.391. The van der Waals surface area contributed by atoms with Crippen LogP contribution in [0.2, 0.25) is 5.02 Å². The molecule has 3 rings (SSSR count). The number of urea groups is 1. The first-order valence-corrected chi connectivity index (χ1v) is 11.0. The van der Waals surface area contributed by atoms with Gasteiger partial charge in [0.25, 0.3) is 0 Å². The molecule has 0 radical (unpaired) electrons. The first-order chi connectivity index (χ1) is 14.5. The molecule has 1 aromatic carbocycles. The van der Waals surface area contributed by atoms with Gasteiger partial charge in [0.1, 0.15) is 0 Å². The van der Waals surface area contributed by atoms with Gasteiger partial charge in [0.05, 0.1) is 18.2 Å². The molecular weight excluding hydrogens is 404 g/mol. The second kappa shape index (κ2) is 10.3. The number of nitrogens with zero attached hydrogens (tertiary/aromatic N) is 3. The zero-order valence-electron chi connectivity index (χ0n) is 18.0. The van der Waals surface area contributed by atoms with Crippen LogP contribution in [0.1, 0.15) is 32.4 Å². The summed E-state index contributed by atoms with van der Waals surface area (Å²) in [5.41, 5.74) is 2.03. The monoisotopic (exact) mass is 434 g/mol. The lowest BCUT2D eigenvalue weighted by atomic mass is 9.94. The van der Waals surface area contributed by atoms with Crippen LogP contribution in [0.25, 0.3) is 0 Å². The summed E-state index contributed by atoms with van der Waals surface area (Å²) in [7, 11) is 0. The average Bonchev–Trinajstić information content (AvgIpc) is 2.75. The molecule has 8 heteroatoms. The van der Waals surface area contributed by atoms with Gasteiger partial charge in [-0.1, -0.05) is 30.7 Å². The topological polar surface area (TPSA) is 65.1 Å². The number of carbonyl (C=O) groups is 2. The molecule has 2 aliphatic rings. The van der Waals surface area contributed by atoms with Crippen molar-refractivity contribution in [2.45, 2.75) is 26.8 Å². The molecule has 7 nitrogen and oxygen atoms in total. The zero-order valence-corrected chi connectivity index (χ0v) is 18.7. The van der Waals surface area contributed by atoms with Crippen molar-refractivity contribution in [3.8, 4) is 0 Å². The molecule has 0 unspecified atom stereocenters. The van der Waals surface area contributed by atoms with Crippen molar-refractivity contribution in [2.75, 3.05) is 52.4 Å². The van der Waals surface area contributed by atoms with E-state index in [-0.39, 0.29) is 12.6 Å². The number of hydrogen-bond donors (Lipinski definition) is 1. The molecule has 2 amide bonds. The quantitative estimate of drug-likeness (QED) is 0.668. The Hall–Kier alpha value is -2.09. The van der Waals surface area contributed by atoms with Gasteiger partial charge in [-0.15, -0.1) is 0 Å². The lowest BCUT2D eigenvalue weighted by Crippen LogP contribution is -2.53. The van der Waals surface area contributed by atoms with Gasteiger partial charge in [-0.25, -0.2) is 9.59 Å². The van der Waals surface area contributed by atoms with Crippen LogP contribution < -0.4 is 5.32 Å². The van der Waals surface area contributed by atoms with Crippen LogP contribution in [0.15, 0.2) is 35.5 Å². The predicted molar refractivity (Wildman–Crippen MR) is 117 cm³/mol. The maximum atomic E-state index is 13.1. The fourth-order valence-corrected chi connectivity index (χ4v) is 4.16. The van der Waals surface area contributed by atoms with E-state index in [1.807, 2.05) is 19.1 Å². The van der Waals surface area contributed by atoms with E-state index in [1.54, 1.807) is 24.0 Å². The summed E-state index contributed by atoms with van der Waals surface area (Å²) < 4.78 is 5.41. The molecule has 0 aromatic heterocycles. The van der Waals surface area contributed by atoms with Crippen LogP contribution in [0.4, 0.5) is 4.79 Å². The van der Waals surface area contributed by atoms with Crippen molar-refractivity contribution in [1.29, 1.82) is 0 Å². The van der Waals surface area contributed by atoms with E-state index in [0.29, 0.717) is 23.7 Å². The third-order valence-electron chi connectivity index (χ3n) is 5.74. The highest BCUT2D eigenvalue weighted by molar-refractivity contribution is 6.30. The number of nitrogens with one attached hydrogen (secondary N) is 1. The van der Waals surface area contributed by atoms with E-state index in [2.05, 4.69) is 22.0 Å². The molecule has 30 heavy (non-hydrogen) atoms. The maximum absolute atomic E-state index is 13.1. The molecule has 2 heterocycles. The van der Waals surface area contributed by atoms with Gasteiger partial charge in [-0.2, -0.15) is 0 Å². The smallest absolute Gasteiger partial charge is 0.338 e. The molecule has 0 spiro atoms. The number of esters is 1. The zero-order chi connectivity index (χ0) is 21.7. The van der Waals surface area contributed by atoms with E-state index < -0.39 is 12.0 Å². The highest BCUT2D eigenvalue weighted by atomic mass is 35.5. The number of benzene rings is 1. The normalized spacial score (nSPS) is 21.0. The first-order valence-electron chi connectivity index (χ1n) is 10.7. The number of carbonyl (C=O) groups excluding carboxylic acids is 2. The van der Waals surface area contributed by atoms with E-state index in [1.165, 1.54) is 0 Å². The van der Waals surface area contributed by atoms with Gasteiger partial charge in [0, 0.05) is 50.0 Å². The second-order valence-electron chi connectivity index (χ2n) is 7.47. The minimum Gasteiger partial charge on any atom is -0.463 e. The molecular formula is C22H31ClN4O3. The Bertz CT molecular complexity index is 788. The number of hydrogen-bond acceptors (Lipinski definition) is 5. The van der Waals surface area contributed by atoms with E-state index >= 15 is 0 Å². The van der Waals surface area contributed by atoms with Gasteiger partial charge < -0.3 is 15.0 Å². The maximum Gasteiger partial charge on any atom is 0.338 e. The first kappa shape index (κ1) is 22.6. The SMILES string of the molecule is CCOC(=O)C1=C(CN2CCN(CC)CC2)N(CC)C(=O)N[C@@H]1c1ccc(Cl)cc1. The third kappa shape index (κ3) is 4.96. The van der Waals surface area contributed by atoms with E-state index in [4.69, 9.17) is 16.3 Å². The van der Waals surface area contributed by atoms with Crippen molar-refractivity contribution >= 4 is 23.6 Å². The minimum absolute atomic E-state index is 0.201. The number of likely N-dealkylation sites (N-methyl/N-ethyl adjacent to an activating group) is 2. The molecule has 1 aromatic rings. The van der Waals surface area contributed by atoms with Gasteiger partial charge in [0.2, 0.25) is 0 Å². The van der Waals surface area contributed by atoms with Crippen LogP contribution >= 0.6 is 11.6 Å². The summed E-state index contributed by atoms with van der Waals surface area (Å²) in [6, 6.07) is 6.44. The van der Waals surface area contributed by atoms with Crippen LogP contribution in [-0.4, -0.2) is 79.1 Å². The van der Waals surface area contributed by atoms with Crippen LogP contribution in [0.5, 0.6) is 0 Å². The minimum atomic E-state index is -0.566. The summed E-state index contributed by atoms with van der Waals surface area (Å²) in [6.07, 6.45) is 0. The fraction of sp³-hybridized carbons (Fsp3) is 0.545. The lowest BCUT2D eigenvalue weighted by Gasteiger charge is -2.40. The van der Waals surface area contributed by atoms with Gasteiger partial charge >= 0.3 is 12.0 Å². The van der Waals surface area contributed by atoms with Crippen LogP contribution in [0, 0.1) is 0 Å². The van der Waals surface area contributed by atoms with Gasteiger partial charge in [-0.3, -0.25) is 9.80 Å². The Labute approximate surface area is 183 Å². The van der Waals surface area contributed by atoms with Crippen molar-refractivity contribution in [1.82, 2.24) is 20.0 Å². The molecule has 0 bridgehead atoms. The number of ether oxygens (including phenoxy) is 1. The molecule has 1 N–H and O–H groups in total. The Kier molecular flexibility index (Phi) is 7.75. The lowest BCUT2D eigenvalue weighted by molar-refractivity contribution is -0.139. The summed E-state index contributed by atoms with van der Waals surface area (Å²) in [6.45, 7) is 12.0. The van der Waals surface area contributed by atoms with Crippen LogP contribution in [0.3, 0.4) is 0 Å². The number of piperazine rings is 1. The summed E-state index contributed by atoms with van der Waals surface area (Å²) in [4.78, 5) is 32.4. The van der Waals surface area contributed by atoms with Crippen LogP contribution in [-0.2, 0) is 9.53 Å². The van der Waals surface area contributed by atoms with Crippen molar-refractivity contribution < 1.29 is 14.3 Å². The molecule has 0 aliphatic carbocycles. The number of amides is 2. The number of halogens is 1. The molecule has 1 saturated heterocycles. The predicted octanol–water partition coefficient (Wildman–Crippen LogP) is 2.88.